The van der Waals surface area contributed by atoms with Crippen LogP contribution in [0.2, 0.25) is 0 Å². The van der Waals surface area contributed by atoms with Crippen LogP contribution < -0.4 is 0 Å². The van der Waals surface area contributed by atoms with Gasteiger partial charge in [0.25, 0.3) is 5.91 Å². The molecule has 1 aromatic heterocycles. The summed E-state index contributed by atoms with van der Waals surface area (Å²) in [6, 6.07) is 0. The highest BCUT2D eigenvalue weighted by molar-refractivity contribution is 5.84. The predicted molar refractivity (Wildman–Crippen MR) is 71.5 cm³/mol. The second-order valence-corrected chi connectivity index (χ2v) is 5.51. The van der Waals surface area contributed by atoms with E-state index in [9.17, 15) is 4.79 Å². The Morgan fingerprint density at radius 1 is 1.58 bits per heavy atom. The zero-order valence-electron chi connectivity index (χ0n) is 12.1. The van der Waals surface area contributed by atoms with Crippen molar-refractivity contribution in [1.82, 2.24) is 19.6 Å². The van der Waals surface area contributed by atoms with Crippen LogP contribution >= 0.6 is 0 Å². The molecule has 1 atom stereocenters. The van der Waals surface area contributed by atoms with E-state index in [1.165, 1.54) is 0 Å². The van der Waals surface area contributed by atoms with Crippen LogP contribution in [0.4, 0.5) is 0 Å². The van der Waals surface area contributed by atoms with E-state index in [0.29, 0.717) is 13.2 Å². The fraction of sp³-hybridized carbons (Fsp3) is 0.692. The van der Waals surface area contributed by atoms with E-state index in [1.54, 1.807) is 23.7 Å². The minimum atomic E-state index is -0.746. The average Bonchev–Trinajstić information content (AvgIpc) is 2.73. The normalized spacial score (nSPS) is 24.4. The largest absolute Gasteiger partial charge is 0.363 e. The lowest BCUT2D eigenvalue weighted by molar-refractivity contribution is -0.165. The molecule has 0 N–H and O–H groups in total. The number of aromatic nitrogens is 2. The number of amides is 1. The average molecular weight is 266 g/mol. The number of aryl methyl sites for hydroxylation is 1. The molecule has 0 aliphatic carbocycles. The Kier molecular flexibility index (Phi) is 3.91. The number of hydrogen-bond acceptors (Lipinski definition) is 4. The summed E-state index contributed by atoms with van der Waals surface area (Å²) in [6.45, 7) is 4.69. The lowest BCUT2D eigenvalue weighted by Gasteiger charge is -2.40. The van der Waals surface area contributed by atoms with Crippen molar-refractivity contribution in [3.05, 3.63) is 18.0 Å². The molecule has 0 spiro atoms. The maximum atomic E-state index is 12.2. The molecular weight excluding hydrogens is 244 g/mol. The minimum absolute atomic E-state index is 0.0170. The highest BCUT2D eigenvalue weighted by Crippen LogP contribution is 2.21. The van der Waals surface area contributed by atoms with Gasteiger partial charge in [0.05, 0.1) is 12.8 Å². The molecule has 106 valence electrons. The van der Waals surface area contributed by atoms with Crippen molar-refractivity contribution in [1.29, 1.82) is 0 Å². The highest BCUT2D eigenvalue weighted by atomic mass is 16.5. The van der Waals surface area contributed by atoms with Gasteiger partial charge in [-0.1, -0.05) is 0 Å². The number of carbonyl (C=O) groups is 1. The molecule has 1 amide bonds. The summed E-state index contributed by atoms with van der Waals surface area (Å²) in [7, 11) is 5.43. The fourth-order valence-electron chi connectivity index (χ4n) is 2.50. The van der Waals surface area contributed by atoms with Gasteiger partial charge in [-0.25, -0.2) is 0 Å². The van der Waals surface area contributed by atoms with Gasteiger partial charge >= 0.3 is 0 Å². The standard InChI is InChI=1S/C13H22N4O2/c1-13(12(18)15(2)3)10-17(5-6-19-13)9-11-7-14-16(4)8-11/h7-8H,5-6,9-10H2,1-4H3/t13-/m1/s1. The second-order valence-electron chi connectivity index (χ2n) is 5.51. The molecule has 1 aliphatic rings. The molecule has 1 aliphatic heterocycles. The summed E-state index contributed by atoms with van der Waals surface area (Å²) in [6.07, 6.45) is 3.86. The Bertz CT molecular complexity index is 457. The molecule has 0 bridgehead atoms. The lowest BCUT2D eigenvalue weighted by atomic mass is 10.0. The summed E-state index contributed by atoms with van der Waals surface area (Å²) in [5.41, 5.74) is 0.410. The summed E-state index contributed by atoms with van der Waals surface area (Å²) in [5, 5.41) is 4.17. The van der Waals surface area contributed by atoms with E-state index >= 15 is 0 Å². The van der Waals surface area contributed by atoms with Gasteiger partial charge in [0, 0.05) is 52.5 Å². The number of nitrogens with zero attached hydrogens (tertiary/aromatic N) is 4. The van der Waals surface area contributed by atoms with Crippen molar-refractivity contribution in [2.24, 2.45) is 7.05 Å². The molecule has 2 rings (SSSR count). The highest BCUT2D eigenvalue weighted by Gasteiger charge is 2.40. The Labute approximate surface area is 113 Å². The third-order valence-electron chi connectivity index (χ3n) is 3.38. The number of ether oxygens (including phenoxy) is 1. The minimum Gasteiger partial charge on any atom is -0.363 e. The van der Waals surface area contributed by atoms with Crippen LogP contribution in [0.25, 0.3) is 0 Å². The fourth-order valence-corrected chi connectivity index (χ4v) is 2.50. The third-order valence-corrected chi connectivity index (χ3v) is 3.38. The maximum Gasteiger partial charge on any atom is 0.255 e. The first-order valence-electron chi connectivity index (χ1n) is 6.46. The first kappa shape index (κ1) is 14.0. The number of rotatable bonds is 3. The van der Waals surface area contributed by atoms with Crippen LogP contribution in [0.15, 0.2) is 12.4 Å². The summed E-state index contributed by atoms with van der Waals surface area (Å²) >= 11 is 0. The number of morpholine rings is 1. The van der Waals surface area contributed by atoms with Gasteiger partial charge in [0.2, 0.25) is 0 Å². The maximum absolute atomic E-state index is 12.2. The van der Waals surface area contributed by atoms with Crippen molar-refractivity contribution in [3.63, 3.8) is 0 Å². The Morgan fingerprint density at radius 2 is 2.32 bits per heavy atom. The van der Waals surface area contributed by atoms with E-state index in [0.717, 1.165) is 18.7 Å². The second kappa shape index (κ2) is 5.30. The van der Waals surface area contributed by atoms with Crippen LogP contribution in [-0.2, 0) is 23.1 Å². The summed E-state index contributed by atoms with van der Waals surface area (Å²) in [4.78, 5) is 16.0. The van der Waals surface area contributed by atoms with Gasteiger partial charge in [0.15, 0.2) is 5.60 Å². The van der Waals surface area contributed by atoms with Gasteiger partial charge < -0.3 is 9.64 Å². The SMILES string of the molecule is CN(C)C(=O)[C@@]1(C)CN(Cc2cnn(C)c2)CCO1. The Morgan fingerprint density at radius 3 is 2.89 bits per heavy atom. The van der Waals surface area contributed by atoms with Crippen molar-refractivity contribution in [2.75, 3.05) is 33.8 Å². The first-order valence-corrected chi connectivity index (χ1v) is 6.46. The first-order chi connectivity index (χ1) is 8.90. The monoisotopic (exact) mass is 266 g/mol. The molecule has 6 nitrogen and oxygen atoms in total. The Hall–Kier alpha value is -1.40. The predicted octanol–water partition coefficient (Wildman–Crippen LogP) is 0.0992. The van der Waals surface area contributed by atoms with E-state index < -0.39 is 5.60 Å². The number of carbonyl (C=O) groups excluding carboxylic acids is 1. The van der Waals surface area contributed by atoms with Crippen molar-refractivity contribution < 1.29 is 9.53 Å². The molecule has 0 saturated carbocycles. The van der Waals surface area contributed by atoms with Gasteiger partial charge in [-0.3, -0.25) is 14.4 Å². The van der Waals surface area contributed by atoms with E-state index in [-0.39, 0.29) is 5.91 Å². The van der Waals surface area contributed by atoms with Gasteiger partial charge in [-0.05, 0) is 6.92 Å². The summed E-state index contributed by atoms with van der Waals surface area (Å²) in [5.74, 6) is 0.0170. The molecule has 0 radical (unpaired) electrons. The third kappa shape index (κ3) is 3.13. The van der Waals surface area contributed by atoms with Crippen LogP contribution in [-0.4, -0.2) is 64.9 Å². The zero-order valence-corrected chi connectivity index (χ0v) is 12.1. The number of hydrogen-bond donors (Lipinski definition) is 0. The summed E-state index contributed by atoms with van der Waals surface area (Å²) < 4.78 is 7.50. The van der Waals surface area contributed by atoms with Crippen LogP contribution in [0.3, 0.4) is 0 Å². The molecule has 1 saturated heterocycles. The van der Waals surface area contributed by atoms with E-state index in [4.69, 9.17) is 4.74 Å². The van der Waals surface area contributed by atoms with Crippen LogP contribution in [0.1, 0.15) is 12.5 Å². The molecular formula is C13H22N4O2. The molecule has 0 aromatic carbocycles. The quantitative estimate of drug-likeness (QED) is 0.778. The van der Waals surface area contributed by atoms with E-state index in [1.807, 2.05) is 26.4 Å². The van der Waals surface area contributed by atoms with Crippen molar-refractivity contribution in [2.45, 2.75) is 19.1 Å². The van der Waals surface area contributed by atoms with Crippen molar-refractivity contribution >= 4 is 5.91 Å². The molecule has 0 unspecified atom stereocenters. The van der Waals surface area contributed by atoms with Gasteiger partial charge in [-0.2, -0.15) is 5.10 Å². The lowest BCUT2D eigenvalue weighted by Crippen LogP contribution is -2.57. The zero-order chi connectivity index (χ0) is 14.0. The van der Waals surface area contributed by atoms with Crippen LogP contribution in [0.5, 0.6) is 0 Å². The smallest absolute Gasteiger partial charge is 0.255 e. The number of likely N-dealkylation sites (N-methyl/N-ethyl adjacent to an activating group) is 1. The molecule has 1 aromatic rings. The van der Waals surface area contributed by atoms with Crippen LogP contribution in [0, 0.1) is 0 Å². The molecule has 19 heavy (non-hydrogen) atoms. The molecule has 6 heteroatoms. The Balaban J connectivity index is 2.02. The van der Waals surface area contributed by atoms with Gasteiger partial charge in [0.1, 0.15) is 0 Å². The topological polar surface area (TPSA) is 50.6 Å². The van der Waals surface area contributed by atoms with Gasteiger partial charge in [-0.15, -0.1) is 0 Å². The van der Waals surface area contributed by atoms with Crippen molar-refractivity contribution in [3.8, 4) is 0 Å². The molecule has 2 heterocycles. The molecule has 1 fully saturated rings. The van der Waals surface area contributed by atoms with E-state index in [2.05, 4.69) is 10.00 Å².